The maximum absolute atomic E-state index is 13.5. The summed E-state index contributed by atoms with van der Waals surface area (Å²) < 4.78 is 26.0. The van der Waals surface area contributed by atoms with E-state index >= 15 is 0 Å². The molecule has 14 heavy (non-hydrogen) atoms. The third-order valence-corrected chi connectivity index (χ3v) is 2.32. The zero-order valence-corrected chi connectivity index (χ0v) is 8.41. The van der Waals surface area contributed by atoms with Crippen LogP contribution in [-0.2, 0) is 6.42 Å². The van der Waals surface area contributed by atoms with Crippen molar-refractivity contribution in [2.24, 2.45) is 0 Å². The summed E-state index contributed by atoms with van der Waals surface area (Å²) in [6, 6.07) is 6.00. The molecule has 0 unspecified atom stereocenters. The molecule has 0 aromatic heterocycles. The first-order valence-corrected chi connectivity index (χ1v) is 4.32. The Morgan fingerprint density at radius 2 is 1.79 bits per heavy atom. The van der Waals surface area contributed by atoms with Crippen LogP contribution in [0.2, 0.25) is 0 Å². The second-order valence-corrected chi connectivity index (χ2v) is 3.56. The summed E-state index contributed by atoms with van der Waals surface area (Å²) in [5, 5.41) is 2.88. The highest BCUT2D eigenvalue weighted by atomic mass is 35.5. The lowest BCUT2D eigenvalue weighted by Gasteiger charge is -2.35. The fraction of sp³-hybridized carbons (Fsp3) is 0.400. The summed E-state index contributed by atoms with van der Waals surface area (Å²) in [6.07, 6.45) is 0.375. The van der Waals surface area contributed by atoms with Crippen LogP contribution in [0.15, 0.2) is 24.3 Å². The molecule has 0 amide bonds. The molecule has 0 radical (unpaired) electrons. The van der Waals surface area contributed by atoms with Crippen LogP contribution in [0.1, 0.15) is 5.56 Å². The Hall–Kier alpha value is -0.670. The van der Waals surface area contributed by atoms with Crippen molar-refractivity contribution in [3.05, 3.63) is 35.6 Å². The number of hydrogen-bond donors (Lipinski definition) is 1. The second kappa shape index (κ2) is 4.24. The van der Waals surface area contributed by atoms with E-state index in [1.807, 2.05) is 0 Å². The molecule has 0 spiro atoms. The van der Waals surface area contributed by atoms with Crippen LogP contribution in [0.3, 0.4) is 0 Å². The maximum atomic E-state index is 13.5. The fourth-order valence-corrected chi connectivity index (χ4v) is 1.49. The first-order chi connectivity index (χ1) is 6.18. The molecule has 1 aliphatic rings. The van der Waals surface area contributed by atoms with E-state index in [4.69, 9.17) is 0 Å². The first-order valence-electron chi connectivity index (χ1n) is 4.32. The molecule has 0 atom stereocenters. The first kappa shape index (κ1) is 11.4. The lowest BCUT2D eigenvalue weighted by Crippen LogP contribution is -2.57. The number of nitrogens with one attached hydrogen (secondary N) is 1. The van der Waals surface area contributed by atoms with Gasteiger partial charge in [-0.05, 0) is 17.7 Å². The summed E-state index contributed by atoms with van der Waals surface area (Å²) in [4.78, 5) is 0. The zero-order valence-electron chi connectivity index (χ0n) is 7.59. The number of benzene rings is 1. The van der Waals surface area contributed by atoms with Crippen molar-refractivity contribution in [2.75, 3.05) is 13.1 Å². The number of halogens is 3. The Labute approximate surface area is 87.9 Å². The Kier molecular flexibility index (Phi) is 3.45. The molecule has 0 bridgehead atoms. The number of hydrogen-bond acceptors (Lipinski definition) is 1. The third kappa shape index (κ3) is 2.42. The monoisotopic (exact) mass is 219 g/mol. The molecule has 78 valence electrons. The van der Waals surface area contributed by atoms with Gasteiger partial charge in [-0.3, -0.25) is 0 Å². The van der Waals surface area contributed by atoms with Gasteiger partial charge in [0.2, 0.25) is 0 Å². The molecule has 1 heterocycles. The Balaban J connectivity index is 0.000000980. The van der Waals surface area contributed by atoms with Gasteiger partial charge in [0.25, 0.3) is 0 Å². The summed E-state index contributed by atoms with van der Waals surface area (Å²) in [6.45, 7) is 0.814. The average Bonchev–Trinajstić information content (AvgIpc) is 2.06. The van der Waals surface area contributed by atoms with E-state index in [1.54, 1.807) is 12.1 Å². The van der Waals surface area contributed by atoms with Crippen molar-refractivity contribution in [2.45, 2.75) is 12.1 Å². The number of rotatable bonds is 2. The molecule has 1 nitrogen and oxygen atoms in total. The largest absolute Gasteiger partial charge is 0.310 e. The van der Waals surface area contributed by atoms with E-state index < -0.39 is 5.67 Å². The molecule has 1 aliphatic heterocycles. The van der Waals surface area contributed by atoms with Gasteiger partial charge in [0.1, 0.15) is 11.5 Å². The van der Waals surface area contributed by atoms with Gasteiger partial charge in [-0.2, -0.15) is 0 Å². The minimum absolute atomic E-state index is 0. The minimum atomic E-state index is -1.11. The van der Waals surface area contributed by atoms with E-state index in [0.29, 0.717) is 19.5 Å². The third-order valence-electron chi connectivity index (χ3n) is 2.32. The SMILES string of the molecule is Cl.Fc1ccc(CC2(F)CNC2)cc1. The maximum Gasteiger partial charge on any atom is 0.139 e. The zero-order chi connectivity index (χ0) is 9.31. The van der Waals surface area contributed by atoms with Crippen LogP contribution >= 0.6 is 12.4 Å². The van der Waals surface area contributed by atoms with Gasteiger partial charge in [0.15, 0.2) is 0 Å². The van der Waals surface area contributed by atoms with Gasteiger partial charge in [-0.1, -0.05) is 12.1 Å². The summed E-state index contributed by atoms with van der Waals surface area (Å²) in [7, 11) is 0. The van der Waals surface area contributed by atoms with Gasteiger partial charge in [0, 0.05) is 19.5 Å². The lowest BCUT2D eigenvalue weighted by atomic mass is 9.91. The van der Waals surface area contributed by atoms with E-state index in [0.717, 1.165) is 5.56 Å². The summed E-state index contributed by atoms with van der Waals surface area (Å²) in [5.41, 5.74) is -0.261. The van der Waals surface area contributed by atoms with Crippen LogP contribution < -0.4 is 5.32 Å². The molecule has 0 aliphatic carbocycles. The van der Waals surface area contributed by atoms with Crippen molar-refractivity contribution >= 4 is 12.4 Å². The van der Waals surface area contributed by atoms with Gasteiger partial charge < -0.3 is 5.32 Å². The molecule has 2 rings (SSSR count). The normalized spacial score (nSPS) is 18.1. The van der Waals surface area contributed by atoms with Crippen molar-refractivity contribution in [3.63, 3.8) is 0 Å². The van der Waals surface area contributed by atoms with Crippen LogP contribution in [-0.4, -0.2) is 18.8 Å². The molecule has 1 saturated heterocycles. The molecule has 0 saturated carbocycles. The van der Waals surface area contributed by atoms with Gasteiger partial charge in [0.05, 0.1) is 0 Å². The summed E-state index contributed by atoms with van der Waals surface area (Å²) >= 11 is 0. The summed E-state index contributed by atoms with van der Waals surface area (Å²) in [5.74, 6) is -0.275. The van der Waals surface area contributed by atoms with Crippen molar-refractivity contribution in [1.82, 2.24) is 5.32 Å². The van der Waals surface area contributed by atoms with Gasteiger partial charge in [-0.25, -0.2) is 8.78 Å². The molecule has 4 heteroatoms. The highest BCUT2D eigenvalue weighted by molar-refractivity contribution is 5.85. The Morgan fingerprint density at radius 1 is 1.21 bits per heavy atom. The minimum Gasteiger partial charge on any atom is -0.310 e. The van der Waals surface area contributed by atoms with E-state index in [2.05, 4.69) is 5.32 Å². The molecular weight excluding hydrogens is 208 g/mol. The second-order valence-electron chi connectivity index (χ2n) is 3.56. The quantitative estimate of drug-likeness (QED) is 0.804. The molecular formula is C10H12ClF2N. The highest BCUT2D eigenvalue weighted by Crippen LogP contribution is 2.22. The Bertz CT molecular complexity index is 295. The molecule has 1 aromatic rings. The highest BCUT2D eigenvalue weighted by Gasteiger charge is 2.36. The average molecular weight is 220 g/mol. The van der Waals surface area contributed by atoms with Crippen molar-refractivity contribution in [1.29, 1.82) is 0 Å². The lowest BCUT2D eigenvalue weighted by molar-refractivity contribution is 0.0911. The molecule has 1 aromatic carbocycles. The van der Waals surface area contributed by atoms with Crippen LogP contribution in [0, 0.1) is 5.82 Å². The van der Waals surface area contributed by atoms with Crippen LogP contribution in [0.5, 0.6) is 0 Å². The van der Waals surface area contributed by atoms with E-state index in [9.17, 15) is 8.78 Å². The van der Waals surface area contributed by atoms with Gasteiger partial charge in [-0.15, -0.1) is 12.4 Å². The van der Waals surface area contributed by atoms with Crippen LogP contribution in [0.4, 0.5) is 8.78 Å². The molecule has 1 fully saturated rings. The molecule has 1 N–H and O–H groups in total. The van der Waals surface area contributed by atoms with Crippen molar-refractivity contribution < 1.29 is 8.78 Å². The van der Waals surface area contributed by atoms with Crippen LogP contribution in [0.25, 0.3) is 0 Å². The van der Waals surface area contributed by atoms with Crippen molar-refractivity contribution in [3.8, 4) is 0 Å². The topological polar surface area (TPSA) is 12.0 Å². The number of alkyl halides is 1. The van der Waals surface area contributed by atoms with E-state index in [1.165, 1.54) is 12.1 Å². The predicted octanol–water partition coefficient (Wildman–Crippen LogP) is 2.10. The Morgan fingerprint density at radius 3 is 2.21 bits per heavy atom. The smallest absolute Gasteiger partial charge is 0.139 e. The van der Waals surface area contributed by atoms with E-state index in [-0.39, 0.29) is 18.2 Å². The van der Waals surface area contributed by atoms with Gasteiger partial charge >= 0.3 is 0 Å². The fourth-order valence-electron chi connectivity index (χ4n) is 1.49. The standard InChI is InChI=1S/C10H11F2N.ClH/c11-9-3-1-8(2-4-9)5-10(12)6-13-7-10;/h1-4,13H,5-7H2;1H. The predicted molar refractivity (Wildman–Crippen MR) is 54.1 cm³/mol.